The van der Waals surface area contributed by atoms with Gasteiger partial charge in [-0.2, -0.15) is 16.7 Å². The van der Waals surface area contributed by atoms with E-state index in [-0.39, 0.29) is 0 Å². The fraction of sp³-hybridized carbons (Fsp3) is 0.867. The van der Waals surface area contributed by atoms with Crippen molar-refractivity contribution < 1.29 is 4.52 Å². The summed E-state index contributed by atoms with van der Waals surface area (Å²) in [7, 11) is 0. The van der Waals surface area contributed by atoms with Crippen LogP contribution in [0.1, 0.15) is 63.4 Å². The third-order valence-electron chi connectivity index (χ3n) is 4.87. The fourth-order valence-electron chi connectivity index (χ4n) is 2.98. The minimum atomic E-state index is -0.400. The predicted molar refractivity (Wildman–Crippen MR) is 89.5 cm³/mol. The molecule has 4 nitrogen and oxygen atoms in total. The van der Waals surface area contributed by atoms with Gasteiger partial charge in [-0.15, -0.1) is 11.8 Å². The molecule has 2 heterocycles. The number of aromatic nitrogens is 2. The standard InChI is InChI=1S/C15H25N3OS2/c1-9-4-6-15(16,7-5-9)14-17-13(18-19-14)12-8-20-10(2)11(3)21-12/h9-12H,4-8,16H2,1-3H3. The zero-order valence-corrected chi connectivity index (χ0v) is 14.7. The Morgan fingerprint density at radius 1 is 1.19 bits per heavy atom. The van der Waals surface area contributed by atoms with Gasteiger partial charge in [0.2, 0.25) is 5.89 Å². The largest absolute Gasteiger partial charge is 0.337 e. The Morgan fingerprint density at radius 3 is 2.57 bits per heavy atom. The van der Waals surface area contributed by atoms with E-state index in [0.717, 1.165) is 43.2 Å². The Bertz CT molecular complexity index is 485. The molecular formula is C15H25N3OS2. The second-order valence-corrected chi connectivity index (χ2v) is 9.66. The van der Waals surface area contributed by atoms with Crippen LogP contribution in [0.3, 0.4) is 0 Å². The minimum absolute atomic E-state index is 0.338. The second-order valence-electron chi connectivity index (χ2n) is 6.66. The fourth-order valence-corrected chi connectivity index (χ4v) is 5.81. The van der Waals surface area contributed by atoms with Gasteiger partial charge >= 0.3 is 0 Å². The summed E-state index contributed by atoms with van der Waals surface area (Å²) in [6.07, 6.45) is 4.21. The second kappa shape index (κ2) is 6.13. The van der Waals surface area contributed by atoms with Crippen molar-refractivity contribution in [3.05, 3.63) is 11.7 Å². The van der Waals surface area contributed by atoms with Gasteiger partial charge in [-0.05, 0) is 31.6 Å². The molecule has 3 rings (SSSR count). The third-order valence-corrected chi connectivity index (χ3v) is 8.26. The topological polar surface area (TPSA) is 64.9 Å². The van der Waals surface area contributed by atoms with E-state index in [1.54, 1.807) is 0 Å². The maximum atomic E-state index is 6.53. The van der Waals surface area contributed by atoms with Gasteiger partial charge in [-0.3, -0.25) is 0 Å². The molecule has 1 aromatic heterocycles. The number of hydrogen-bond acceptors (Lipinski definition) is 6. The van der Waals surface area contributed by atoms with Gasteiger partial charge in [0.1, 0.15) is 0 Å². The zero-order valence-electron chi connectivity index (χ0n) is 13.0. The van der Waals surface area contributed by atoms with Crippen LogP contribution in [0, 0.1) is 5.92 Å². The van der Waals surface area contributed by atoms with Crippen LogP contribution in [0.4, 0.5) is 0 Å². The summed E-state index contributed by atoms with van der Waals surface area (Å²) in [5, 5.41) is 5.89. The first-order valence-corrected chi connectivity index (χ1v) is 9.87. The lowest BCUT2D eigenvalue weighted by Gasteiger charge is -2.32. The molecule has 0 amide bonds. The Morgan fingerprint density at radius 2 is 1.90 bits per heavy atom. The van der Waals surface area contributed by atoms with Crippen molar-refractivity contribution in [1.29, 1.82) is 0 Å². The number of thioether (sulfide) groups is 2. The monoisotopic (exact) mass is 327 g/mol. The number of nitrogens with two attached hydrogens (primary N) is 1. The van der Waals surface area contributed by atoms with Crippen molar-refractivity contribution in [1.82, 2.24) is 10.1 Å². The molecule has 1 aliphatic carbocycles. The average Bonchev–Trinajstić information content (AvgIpc) is 2.96. The van der Waals surface area contributed by atoms with E-state index in [9.17, 15) is 0 Å². The smallest absolute Gasteiger partial charge is 0.246 e. The molecule has 118 valence electrons. The molecule has 3 unspecified atom stereocenters. The van der Waals surface area contributed by atoms with E-state index >= 15 is 0 Å². The van der Waals surface area contributed by atoms with Crippen LogP contribution in [0.5, 0.6) is 0 Å². The van der Waals surface area contributed by atoms with Crippen LogP contribution < -0.4 is 5.73 Å². The van der Waals surface area contributed by atoms with Crippen molar-refractivity contribution in [3.8, 4) is 0 Å². The molecule has 0 bridgehead atoms. The molecule has 6 heteroatoms. The molecule has 0 aromatic carbocycles. The van der Waals surface area contributed by atoms with Crippen LogP contribution in [-0.4, -0.2) is 26.4 Å². The van der Waals surface area contributed by atoms with E-state index in [1.807, 2.05) is 23.5 Å². The average molecular weight is 328 g/mol. The molecule has 2 fully saturated rings. The van der Waals surface area contributed by atoms with Crippen molar-refractivity contribution >= 4 is 23.5 Å². The molecule has 1 aromatic rings. The van der Waals surface area contributed by atoms with Gasteiger partial charge in [0, 0.05) is 16.3 Å². The highest BCUT2D eigenvalue weighted by atomic mass is 32.2. The minimum Gasteiger partial charge on any atom is -0.337 e. The van der Waals surface area contributed by atoms with Gasteiger partial charge in [0.05, 0.1) is 10.8 Å². The number of nitrogens with zero attached hydrogens (tertiary/aromatic N) is 2. The molecular weight excluding hydrogens is 302 g/mol. The van der Waals surface area contributed by atoms with E-state index in [1.165, 1.54) is 0 Å². The molecule has 0 radical (unpaired) electrons. The van der Waals surface area contributed by atoms with Gasteiger partial charge < -0.3 is 10.3 Å². The third kappa shape index (κ3) is 3.27. The van der Waals surface area contributed by atoms with E-state index in [2.05, 4.69) is 30.9 Å². The quantitative estimate of drug-likeness (QED) is 0.893. The normalized spacial score (nSPS) is 41.1. The van der Waals surface area contributed by atoms with Crippen molar-refractivity contribution in [2.75, 3.05) is 5.75 Å². The van der Waals surface area contributed by atoms with Crippen LogP contribution in [0.2, 0.25) is 0 Å². The Balaban J connectivity index is 1.71. The Kier molecular flexibility index (Phi) is 4.58. The highest BCUT2D eigenvalue weighted by Crippen LogP contribution is 2.44. The van der Waals surface area contributed by atoms with Gasteiger partial charge in [-0.25, -0.2) is 0 Å². The van der Waals surface area contributed by atoms with Crippen LogP contribution in [0.25, 0.3) is 0 Å². The first-order valence-electron chi connectivity index (χ1n) is 7.88. The van der Waals surface area contributed by atoms with Gasteiger partial charge in [-0.1, -0.05) is 25.9 Å². The summed E-state index contributed by atoms with van der Waals surface area (Å²) in [6.45, 7) is 6.86. The van der Waals surface area contributed by atoms with Gasteiger partial charge in [0.25, 0.3) is 0 Å². The molecule has 1 aliphatic heterocycles. The maximum Gasteiger partial charge on any atom is 0.246 e. The lowest BCUT2D eigenvalue weighted by Crippen LogP contribution is -2.40. The van der Waals surface area contributed by atoms with Crippen LogP contribution >= 0.6 is 23.5 Å². The first-order chi connectivity index (χ1) is 9.98. The summed E-state index contributed by atoms with van der Waals surface area (Å²) >= 11 is 3.96. The summed E-state index contributed by atoms with van der Waals surface area (Å²) < 4.78 is 5.55. The number of rotatable bonds is 2. The van der Waals surface area contributed by atoms with E-state index < -0.39 is 5.54 Å². The molecule has 21 heavy (non-hydrogen) atoms. The zero-order chi connectivity index (χ0) is 15.0. The molecule has 1 saturated carbocycles. The molecule has 2 N–H and O–H groups in total. The number of hydrogen-bond donors (Lipinski definition) is 1. The van der Waals surface area contributed by atoms with Crippen LogP contribution in [-0.2, 0) is 5.54 Å². The van der Waals surface area contributed by atoms with Gasteiger partial charge in [0.15, 0.2) is 5.82 Å². The van der Waals surface area contributed by atoms with Crippen molar-refractivity contribution in [2.24, 2.45) is 11.7 Å². The summed E-state index contributed by atoms with van der Waals surface area (Å²) in [5.41, 5.74) is 6.13. The highest BCUT2D eigenvalue weighted by Gasteiger charge is 2.38. The van der Waals surface area contributed by atoms with E-state index in [0.29, 0.717) is 21.6 Å². The predicted octanol–water partition coefficient (Wildman–Crippen LogP) is 3.73. The molecule has 3 atom stereocenters. The van der Waals surface area contributed by atoms with E-state index in [4.69, 9.17) is 10.3 Å². The Hall–Kier alpha value is -0.200. The molecule has 0 spiro atoms. The van der Waals surface area contributed by atoms with Crippen LogP contribution in [0.15, 0.2) is 4.52 Å². The lowest BCUT2D eigenvalue weighted by atomic mass is 9.78. The Labute approximate surface area is 135 Å². The first kappa shape index (κ1) is 15.7. The summed E-state index contributed by atoms with van der Waals surface area (Å²) in [4.78, 5) is 4.68. The van der Waals surface area contributed by atoms with Crippen molar-refractivity contribution in [3.63, 3.8) is 0 Å². The maximum absolute atomic E-state index is 6.53. The molecule has 2 aliphatic rings. The molecule has 1 saturated heterocycles. The SMILES string of the molecule is CC1CCC(N)(c2nc(C3CSC(C)C(C)S3)no2)CC1. The van der Waals surface area contributed by atoms with Crippen molar-refractivity contribution in [2.45, 2.75) is 67.7 Å². The summed E-state index contributed by atoms with van der Waals surface area (Å²) in [5.74, 6) is 3.31. The summed E-state index contributed by atoms with van der Waals surface area (Å²) in [6, 6.07) is 0. The lowest BCUT2D eigenvalue weighted by molar-refractivity contribution is 0.190. The highest BCUT2D eigenvalue weighted by molar-refractivity contribution is 8.07.